The third-order valence-electron chi connectivity index (χ3n) is 2.36. The first-order valence-electron chi connectivity index (χ1n) is 4.58. The predicted molar refractivity (Wildman–Crippen MR) is 58.3 cm³/mol. The van der Waals surface area contributed by atoms with Crippen LogP contribution in [0.2, 0.25) is 5.02 Å². The van der Waals surface area contributed by atoms with E-state index in [0.717, 1.165) is 0 Å². The Labute approximate surface area is 89.3 Å². The molecule has 3 heteroatoms. The highest BCUT2D eigenvalue weighted by atomic mass is 35.5. The van der Waals surface area contributed by atoms with Gasteiger partial charge in [-0.2, -0.15) is 0 Å². The minimum absolute atomic E-state index is 0.147. The minimum atomic E-state index is -0.235. The van der Waals surface area contributed by atoms with Crippen LogP contribution in [-0.4, -0.2) is 12.6 Å². The number of hydrogen-bond acceptors (Lipinski definition) is 1. The molecule has 0 unspecified atom stereocenters. The first-order valence-corrected chi connectivity index (χ1v) is 4.96. The van der Waals surface area contributed by atoms with E-state index in [1.54, 1.807) is 12.1 Å². The second-order valence-corrected chi connectivity index (χ2v) is 4.42. The molecule has 0 aliphatic heterocycles. The Balaban J connectivity index is 2.97. The van der Waals surface area contributed by atoms with Crippen molar-refractivity contribution in [1.82, 2.24) is 5.32 Å². The Bertz CT molecular complexity index is 303. The van der Waals surface area contributed by atoms with Gasteiger partial charge in [0.25, 0.3) is 0 Å². The summed E-state index contributed by atoms with van der Waals surface area (Å²) in [6.07, 6.45) is 0.578. The fourth-order valence-electron chi connectivity index (χ4n) is 1.23. The summed E-state index contributed by atoms with van der Waals surface area (Å²) in [6.45, 7) is 4.02. The van der Waals surface area contributed by atoms with Crippen LogP contribution in [-0.2, 0) is 6.42 Å². The predicted octanol–water partition coefficient (Wildman–Crippen LogP) is 3.02. The third-order valence-corrected chi connectivity index (χ3v) is 2.71. The van der Waals surface area contributed by atoms with Crippen LogP contribution < -0.4 is 5.32 Å². The summed E-state index contributed by atoms with van der Waals surface area (Å²) in [6, 6.07) is 4.77. The summed E-state index contributed by atoms with van der Waals surface area (Å²) < 4.78 is 13.4. The Morgan fingerprint density at radius 3 is 2.57 bits per heavy atom. The molecule has 1 aromatic carbocycles. The van der Waals surface area contributed by atoms with Crippen LogP contribution in [0.5, 0.6) is 0 Å². The molecule has 0 aromatic heterocycles. The first-order chi connectivity index (χ1) is 6.46. The first kappa shape index (κ1) is 11.5. The maximum Gasteiger partial charge on any atom is 0.127 e. The number of likely N-dealkylation sites (N-methyl/N-ethyl adjacent to an activating group) is 1. The van der Waals surface area contributed by atoms with Gasteiger partial charge in [0.05, 0.1) is 0 Å². The molecule has 0 atom stereocenters. The van der Waals surface area contributed by atoms with Crippen molar-refractivity contribution in [3.8, 4) is 0 Å². The molecule has 0 spiro atoms. The van der Waals surface area contributed by atoms with E-state index in [1.165, 1.54) is 6.07 Å². The summed E-state index contributed by atoms with van der Waals surface area (Å²) in [5.74, 6) is -0.235. The van der Waals surface area contributed by atoms with Gasteiger partial charge in [-0.05, 0) is 39.4 Å². The van der Waals surface area contributed by atoms with E-state index in [4.69, 9.17) is 11.6 Å². The molecule has 0 heterocycles. The minimum Gasteiger partial charge on any atom is -0.314 e. The maximum atomic E-state index is 13.4. The number of benzene rings is 1. The molecular weight excluding hydrogens is 201 g/mol. The highest BCUT2D eigenvalue weighted by Gasteiger charge is 2.19. The second kappa shape index (κ2) is 4.28. The lowest BCUT2D eigenvalue weighted by Crippen LogP contribution is -2.38. The fraction of sp³-hybridized carbons (Fsp3) is 0.455. The summed E-state index contributed by atoms with van der Waals surface area (Å²) in [7, 11) is 1.86. The van der Waals surface area contributed by atoms with Crippen LogP contribution in [0.3, 0.4) is 0 Å². The van der Waals surface area contributed by atoms with Crippen LogP contribution in [0.15, 0.2) is 18.2 Å². The molecule has 0 fully saturated rings. The van der Waals surface area contributed by atoms with Crippen molar-refractivity contribution in [3.05, 3.63) is 34.6 Å². The molecule has 0 aliphatic rings. The van der Waals surface area contributed by atoms with Crippen molar-refractivity contribution < 1.29 is 4.39 Å². The number of nitrogens with one attached hydrogen (secondary N) is 1. The lowest BCUT2D eigenvalue weighted by atomic mass is 9.95. The van der Waals surface area contributed by atoms with E-state index >= 15 is 0 Å². The zero-order valence-electron chi connectivity index (χ0n) is 8.70. The molecule has 0 radical (unpaired) electrons. The molecule has 1 rings (SSSR count). The van der Waals surface area contributed by atoms with Crippen LogP contribution >= 0.6 is 11.6 Å². The van der Waals surface area contributed by atoms with Gasteiger partial charge in [0, 0.05) is 16.1 Å². The van der Waals surface area contributed by atoms with Crippen molar-refractivity contribution in [3.63, 3.8) is 0 Å². The molecule has 1 aromatic rings. The largest absolute Gasteiger partial charge is 0.314 e. The number of halogens is 2. The van der Waals surface area contributed by atoms with Gasteiger partial charge in [-0.15, -0.1) is 0 Å². The summed E-state index contributed by atoms with van der Waals surface area (Å²) in [5, 5.41) is 3.61. The molecule has 0 bridgehead atoms. The molecule has 78 valence electrons. The van der Waals surface area contributed by atoms with Crippen molar-refractivity contribution in [2.75, 3.05) is 7.05 Å². The molecule has 0 aliphatic carbocycles. The number of rotatable bonds is 3. The van der Waals surface area contributed by atoms with Crippen molar-refractivity contribution in [1.29, 1.82) is 0 Å². The highest BCUT2D eigenvalue weighted by Crippen LogP contribution is 2.23. The highest BCUT2D eigenvalue weighted by molar-refractivity contribution is 6.31. The van der Waals surface area contributed by atoms with Gasteiger partial charge < -0.3 is 5.32 Å². The maximum absolute atomic E-state index is 13.4. The van der Waals surface area contributed by atoms with Gasteiger partial charge in [-0.3, -0.25) is 0 Å². The fourth-order valence-corrected chi connectivity index (χ4v) is 1.46. The van der Waals surface area contributed by atoms with Crippen molar-refractivity contribution in [2.24, 2.45) is 0 Å². The molecule has 14 heavy (non-hydrogen) atoms. The molecular formula is C11H15ClFN. The van der Waals surface area contributed by atoms with E-state index in [-0.39, 0.29) is 11.4 Å². The van der Waals surface area contributed by atoms with Crippen LogP contribution in [0.4, 0.5) is 4.39 Å². The molecule has 1 nitrogen and oxygen atoms in total. The van der Waals surface area contributed by atoms with Gasteiger partial charge in [-0.1, -0.05) is 17.7 Å². The van der Waals surface area contributed by atoms with Crippen LogP contribution in [0.1, 0.15) is 19.4 Å². The average molecular weight is 216 g/mol. The smallest absolute Gasteiger partial charge is 0.127 e. The zero-order chi connectivity index (χ0) is 10.8. The topological polar surface area (TPSA) is 12.0 Å². The lowest BCUT2D eigenvalue weighted by molar-refractivity contribution is 0.414. The number of hydrogen-bond donors (Lipinski definition) is 1. The third kappa shape index (κ3) is 2.69. The van der Waals surface area contributed by atoms with E-state index in [1.807, 2.05) is 20.9 Å². The van der Waals surface area contributed by atoms with Crippen LogP contribution in [0, 0.1) is 5.82 Å². The van der Waals surface area contributed by atoms with Gasteiger partial charge in [-0.25, -0.2) is 4.39 Å². The summed E-state index contributed by atoms with van der Waals surface area (Å²) in [4.78, 5) is 0. The summed E-state index contributed by atoms with van der Waals surface area (Å²) >= 11 is 5.92. The van der Waals surface area contributed by atoms with E-state index in [9.17, 15) is 4.39 Å². The Kier molecular flexibility index (Phi) is 3.51. The Hall–Kier alpha value is -0.600. The van der Waals surface area contributed by atoms with Gasteiger partial charge in [0.1, 0.15) is 5.82 Å². The lowest BCUT2D eigenvalue weighted by Gasteiger charge is -2.24. The van der Waals surface area contributed by atoms with Gasteiger partial charge in [0.15, 0.2) is 0 Å². The van der Waals surface area contributed by atoms with E-state index in [2.05, 4.69) is 5.32 Å². The average Bonchev–Trinajstić information content (AvgIpc) is 2.12. The van der Waals surface area contributed by atoms with Crippen LogP contribution in [0.25, 0.3) is 0 Å². The monoisotopic (exact) mass is 215 g/mol. The standard InChI is InChI=1S/C11H15ClFN/c1-11(2,14-3)7-8-9(12)5-4-6-10(8)13/h4-6,14H,7H2,1-3H3. The normalized spacial score (nSPS) is 11.8. The quantitative estimate of drug-likeness (QED) is 0.818. The molecule has 0 saturated carbocycles. The van der Waals surface area contributed by atoms with Crippen molar-refractivity contribution in [2.45, 2.75) is 25.8 Å². The SMILES string of the molecule is CNC(C)(C)Cc1c(F)cccc1Cl. The second-order valence-electron chi connectivity index (χ2n) is 4.01. The van der Waals surface area contributed by atoms with E-state index < -0.39 is 0 Å². The zero-order valence-corrected chi connectivity index (χ0v) is 9.45. The molecule has 0 saturated heterocycles. The molecule has 1 N–H and O–H groups in total. The summed E-state index contributed by atoms with van der Waals surface area (Å²) in [5.41, 5.74) is 0.430. The van der Waals surface area contributed by atoms with Crippen molar-refractivity contribution >= 4 is 11.6 Å². The van der Waals surface area contributed by atoms with Gasteiger partial charge >= 0.3 is 0 Å². The van der Waals surface area contributed by atoms with Gasteiger partial charge in [0.2, 0.25) is 0 Å². The molecule has 0 amide bonds. The Morgan fingerprint density at radius 2 is 2.07 bits per heavy atom. The van der Waals surface area contributed by atoms with E-state index in [0.29, 0.717) is 17.0 Å². The Morgan fingerprint density at radius 1 is 1.43 bits per heavy atom.